The second kappa shape index (κ2) is 17.8. The van der Waals surface area contributed by atoms with Crippen molar-refractivity contribution in [1.82, 2.24) is 25.8 Å². The molecule has 2 atom stereocenters. The molecule has 0 radical (unpaired) electrons. The van der Waals surface area contributed by atoms with E-state index in [0.29, 0.717) is 44.4 Å². The van der Waals surface area contributed by atoms with Crippen molar-refractivity contribution in [2.45, 2.75) is 121 Å². The predicted molar refractivity (Wildman–Crippen MR) is 162 cm³/mol. The van der Waals surface area contributed by atoms with Gasteiger partial charge in [-0.1, -0.05) is 39.0 Å². The summed E-state index contributed by atoms with van der Waals surface area (Å²) in [5.74, 6) is -3.32. The molecule has 0 saturated heterocycles. The molecule has 0 aliphatic heterocycles. The van der Waals surface area contributed by atoms with Gasteiger partial charge in [0.2, 0.25) is 17.7 Å². The molecule has 0 aromatic carbocycles. The Morgan fingerprint density at radius 2 is 1.18 bits per heavy atom. The minimum Gasteiger partial charge on any atom is -0.481 e. The van der Waals surface area contributed by atoms with Gasteiger partial charge in [-0.3, -0.25) is 24.0 Å². The number of rotatable bonds is 14. The van der Waals surface area contributed by atoms with Crippen molar-refractivity contribution in [3.8, 4) is 0 Å². The van der Waals surface area contributed by atoms with Gasteiger partial charge in [0.15, 0.2) is 0 Å². The van der Waals surface area contributed by atoms with E-state index >= 15 is 0 Å². The van der Waals surface area contributed by atoms with Crippen LogP contribution in [0.15, 0.2) is 0 Å². The molecular weight excluding hydrogens is 570 g/mol. The fourth-order valence-corrected chi connectivity index (χ4v) is 6.65. The first-order chi connectivity index (χ1) is 21.0. The van der Waals surface area contributed by atoms with Crippen LogP contribution in [-0.2, 0) is 24.0 Å². The number of hydrogen-bond donors (Lipinski definition) is 5. The van der Waals surface area contributed by atoms with E-state index in [1.165, 1.54) is 11.3 Å². The topological polar surface area (TPSA) is 185 Å². The summed E-state index contributed by atoms with van der Waals surface area (Å²) in [7, 11) is 0. The normalized spacial score (nSPS) is 24.0. The number of amides is 5. The summed E-state index contributed by atoms with van der Waals surface area (Å²) in [5, 5.41) is 27.5. The third-order valence-electron chi connectivity index (χ3n) is 9.33. The summed E-state index contributed by atoms with van der Waals surface area (Å²) >= 11 is 0. The third-order valence-corrected chi connectivity index (χ3v) is 9.33. The van der Waals surface area contributed by atoms with Gasteiger partial charge in [0.25, 0.3) is 0 Å². The van der Waals surface area contributed by atoms with Crippen LogP contribution in [0.4, 0.5) is 4.79 Å². The highest BCUT2D eigenvalue weighted by Crippen LogP contribution is 2.26. The van der Waals surface area contributed by atoms with Crippen molar-refractivity contribution in [2.24, 2.45) is 11.8 Å². The molecule has 3 rings (SSSR count). The minimum atomic E-state index is -1.13. The standard InChI is InChI=1S/C31H51N5O8/c1-21-7-5-6-10-25(21)34-31(44)33-24-13-11-23(12-14-24)32-26(37)19-35(17-15-28(39)40)27(38)20-36(18-16-29(41)42)30(43)22-8-3-2-4-9-22/h21-25H,2-20H2,1H3,(H,32,37)(H,39,40)(H,41,42)(H2,33,34,44). The first-order valence-electron chi connectivity index (χ1n) is 16.4. The molecule has 44 heavy (non-hydrogen) atoms. The lowest BCUT2D eigenvalue weighted by molar-refractivity contribution is -0.147. The first kappa shape index (κ1) is 35.1. The first-order valence-corrected chi connectivity index (χ1v) is 16.4. The van der Waals surface area contributed by atoms with Gasteiger partial charge in [0.05, 0.1) is 25.9 Å². The van der Waals surface area contributed by atoms with E-state index < -0.39 is 30.3 Å². The highest BCUT2D eigenvalue weighted by Gasteiger charge is 2.31. The highest BCUT2D eigenvalue weighted by molar-refractivity contribution is 5.89. The minimum absolute atomic E-state index is 0.00850. The molecule has 3 aliphatic rings. The van der Waals surface area contributed by atoms with Gasteiger partial charge in [-0.15, -0.1) is 0 Å². The van der Waals surface area contributed by atoms with Crippen LogP contribution in [0.3, 0.4) is 0 Å². The Bertz CT molecular complexity index is 1010. The Balaban J connectivity index is 1.50. The average molecular weight is 622 g/mol. The molecule has 0 bridgehead atoms. The van der Waals surface area contributed by atoms with Crippen LogP contribution >= 0.6 is 0 Å². The van der Waals surface area contributed by atoms with Gasteiger partial charge >= 0.3 is 18.0 Å². The maximum atomic E-state index is 13.3. The molecule has 0 aromatic rings. The summed E-state index contributed by atoms with van der Waals surface area (Å²) in [6, 6.07) is -0.0866. The maximum Gasteiger partial charge on any atom is 0.315 e. The molecule has 0 spiro atoms. The summed E-state index contributed by atoms with van der Waals surface area (Å²) in [6.07, 6.45) is 10.6. The molecule has 3 saturated carbocycles. The largest absolute Gasteiger partial charge is 0.481 e. The molecule has 0 heterocycles. The van der Waals surface area contributed by atoms with Crippen LogP contribution in [0.1, 0.15) is 103 Å². The monoisotopic (exact) mass is 621 g/mol. The van der Waals surface area contributed by atoms with Gasteiger partial charge in [-0.25, -0.2) is 4.79 Å². The van der Waals surface area contributed by atoms with Crippen molar-refractivity contribution < 1.29 is 39.0 Å². The number of carboxylic acid groups (broad SMARTS) is 2. The molecule has 5 N–H and O–H groups in total. The van der Waals surface area contributed by atoms with E-state index in [2.05, 4.69) is 22.9 Å². The van der Waals surface area contributed by atoms with Crippen molar-refractivity contribution in [1.29, 1.82) is 0 Å². The lowest BCUT2D eigenvalue weighted by atomic mass is 9.86. The van der Waals surface area contributed by atoms with E-state index in [4.69, 9.17) is 0 Å². The van der Waals surface area contributed by atoms with E-state index in [1.54, 1.807) is 0 Å². The van der Waals surface area contributed by atoms with Crippen molar-refractivity contribution in [3.63, 3.8) is 0 Å². The number of carboxylic acids is 2. The van der Waals surface area contributed by atoms with Crippen LogP contribution in [-0.4, -0.2) is 100 Å². The molecule has 3 fully saturated rings. The lowest BCUT2D eigenvalue weighted by Gasteiger charge is -2.33. The number of carbonyl (C=O) groups excluding carboxylic acids is 4. The fraction of sp³-hybridized carbons (Fsp3) is 0.806. The molecule has 13 nitrogen and oxygen atoms in total. The summed E-state index contributed by atoms with van der Waals surface area (Å²) < 4.78 is 0. The van der Waals surface area contributed by atoms with Gasteiger partial charge in [0, 0.05) is 37.1 Å². The quantitative estimate of drug-likeness (QED) is 0.196. The highest BCUT2D eigenvalue weighted by atomic mass is 16.4. The van der Waals surface area contributed by atoms with Crippen molar-refractivity contribution in [2.75, 3.05) is 26.2 Å². The summed E-state index contributed by atoms with van der Waals surface area (Å²) in [5.41, 5.74) is 0. The summed E-state index contributed by atoms with van der Waals surface area (Å²) in [4.78, 5) is 76.9. The van der Waals surface area contributed by atoms with Gasteiger partial charge in [-0.2, -0.15) is 0 Å². The van der Waals surface area contributed by atoms with E-state index in [1.807, 2.05) is 0 Å². The fourth-order valence-electron chi connectivity index (χ4n) is 6.65. The number of urea groups is 1. The van der Waals surface area contributed by atoms with E-state index in [9.17, 15) is 39.0 Å². The van der Waals surface area contributed by atoms with Crippen molar-refractivity contribution in [3.05, 3.63) is 0 Å². The molecule has 248 valence electrons. The van der Waals surface area contributed by atoms with Gasteiger partial charge in [-0.05, 0) is 57.3 Å². The SMILES string of the molecule is CC1CCCCC1NC(=O)NC1CCC(NC(=O)CN(CCC(=O)O)C(=O)CN(CCC(=O)O)C(=O)C2CCCCC2)CC1. The zero-order chi connectivity index (χ0) is 32.1. The smallest absolute Gasteiger partial charge is 0.315 e. The Morgan fingerprint density at radius 1 is 0.636 bits per heavy atom. The van der Waals surface area contributed by atoms with E-state index in [-0.39, 0.29) is 68.5 Å². The van der Waals surface area contributed by atoms with Gasteiger partial charge < -0.3 is 36.0 Å². The predicted octanol–water partition coefficient (Wildman–Crippen LogP) is 2.48. The third kappa shape index (κ3) is 12.0. The second-order valence-electron chi connectivity index (χ2n) is 12.8. The van der Waals surface area contributed by atoms with E-state index in [0.717, 1.165) is 43.4 Å². The number of hydrogen-bond acceptors (Lipinski definition) is 6. The molecule has 0 aromatic heterocycles. The molecule has 2 unspecified atom stereocenters. The van der Waals surface area contributed by atoms with Crippen LogP contribution < -0.4 is 16.0 Å². The van der Waals surface area contributed by atoms with Crippen LogP contribution in [0.25, 0.3) is 0 Å². The Morgan fingerprint density at radius 3 is 1.77 bits per heavy atom. The van der Waals surface area contributed by atoms with Crippen LogP contribution in [0, 0.1) is 11.8 Å². The molecule has 3 aliphatic carbocycles. The molecule has 13 heteroatoms. The number of nitrogens with zero attached hydrogens (tertiary/aromatic N) is 2. The molecule has 5 amide bonds. The summed E-state index contributed by atoms with van der Waals surface area (Å²) in [6.45, 7) is 1.05. The second-order valence-corrected chi connectivity index (χ2v) is 12.8. The number of carbonyl (C=O) groups is 6. The zero-order valence-corrected chi connectivity index (χ0v) is 26.1. The molecular formula is C31H51N5O8. The zero-order valence-electron chi connectivity index (χ0n) is 26.1. The Hall–Kier alpha value is -3.38. The lowest BCUT2D eigenvalue weighted by Crippen LogP contribution is -2.52. The Labute approximate surface area is 259 Å². The average Bonchev–Trinajstić information content (AvgIpc) is 2.99. The van der Waals surface area contributed by atoms with Crippen molar-refractivity contribution >= 4 is 35.7 Å². The van der Waals surface area contributed by atoms with Crippen LogP contribution in [0.2, 0.25) is 0 Å². The maximum absolute atomic E-state index is 13.3. The Kier molecular flexibility index (Phi) is 14.2. The number of aliphatic carboxylic acids is 2. The van der Waals surface area contributed by atoms with Gasteiger partial charge in [0.1, 0.15) is 0 Å². The van der Waals surface area contributed by atoms with Crippen LogP contribution in [0.5, 0.6) is 0 Å². The number of nitrogens with one attached hydrogen (secondary N) is 3.